The number of nitrogens with one attached hydrogen (secondary N) is 3. The van der Waals surface area contributed by atoms with Gasteiger partial charge in [-0.3, -0.25) is 0 Å². The number of aromatic nitrogens is 3. The molecule has 5 rings (SSSR count). The molecule has 0 unspecified atom stereocenters. The lowest BCUT2D eigenvalue weighted by atomic mass is 10.2. The van der Waals surface area contributed by atoms with E-state index < -0.39 is 0 Å². The van der Waals surface area contributed by atoms with Crippen LogP contribution in [0, 0.1) is 0 Å². The minimum absolute atomic E-state index is 0.242. The maximum absolute atomic E-state index is 6.05. The Bertz CT molecular complexity index is 1550. The van der Waals surface area contributed by atoms with Crippen molar-refractivity contribution in [3.8, 4) is 11.5 Å². The van der Waals surface area contributed by atoms with Gasteiger partial charge in [-0.2, -0.15) is 20.1 Å². The van der Waals surface area contributed by atoms with Gasteiger partial charge >= 0.3 is 0 Å². The molecule has 5 aromatic rings. The average molecular weight is 600 g/mol. The number of anilines is 4. The van der Waals surface area contributed by atoms with E-state index in [1.807, 2.05) is 84.9 Å². The first-order valence-corrected chi connectivity index (χ1v) is 13.1. The van der Waals surface area contributed by atoms with Crippen molar-refractivity contribution in [2.75, 3.05) is 23.2 Å². The molecule has 0 spiro atoms. The molecule has 0 aliphatic carbocycles. The molecule has 202 valence electrons. The fraction of sp³-hybridized carbons (Fsp3) is 0.103. The normalized spacial score (nSPS) is 10.8. The van der Waals surface area contributed by atoms with E-state index in [0.717, 1.165) is 32.8 Å². The van der Waals surface area contributed by atoms with Gasteiger partial charge in [0.1, 0.15) is 23.9 Å². The van der Waals surface area contributed by atoms with Gasteiger partial charge < -0.3 is 24.5 Å². The van der Waals surface area contributed by atoms with Crippen molar-refractivity contribution < 1.29 is 13.9 Å². The van der Waals surface area contributed by atoms with E-state index in [9.17, 15) is 0 Å². The molecule has 0 saturated heterocycles. The van der Waals surface area contributed by atoms with Gasteiger partial charge in [-0.25, -0.2) is 5.43 Å². The van der Waals surface area contributed by atoms with Crippen molar-refractivity contribution in [3.05, 3.63) is 113 Å². The van der Waals surface area contributed by atoms with Gasteiger partial charge in [-0.1, -0.05) is 46.3 Å². The van der Waals surface area contributed by atoms with Gasteiger partial charge in [-0.15, -0.1) is 0 Å². The number of methoxy groups -OCH3 is 1. The van der Waals surface area contributed by atoms with Crippen LogP contribution >= 0.6 is 15.9 Å². The number of hydrogen-bond acceptors (Lipinski definition) is 10. The van der Waals surface area contributed by atoms with Crippen molar-refractivity contribution >= 4 is 45.7 Å². The summed E-state index contributed by atoms with van der Waals surface area (Å²) < 4.78 is 17.6. The van der Waals surface area contributed by atoms with Crippen LogP contribution in [0.4, 0.5) is 23.5 Å². The molecule has 10 nitrogen and oxygen atoms in total. The molecule has 0 aliphatic rings. The van der Waals surface area contributed by atoms with Crippen molar-refractivity contribution in [1.82, 2.24) is 15.0 Å². The van der Waals surface area contributed by atoms with E-state index in [1.54, 1.807) is 19.6 Å². The highest BCUT2D eigenvalue weighted by atomic mass is 79.9. The van der Waals surface area contributed by atoms with Gasteiger partial charge in [0.15, 0.2) is 0 Å². The summed E-state index contributed by atoms with van der Waals surface area (Å²) in [4.78, 5) is 13.4. The average Bonchev–Trinajstić information content (AvgIpc) is 3.51. The van der Waals surface area contributed by atoms with Gasteiger partial charge in [0.25, 0.3) is 0 Å². The molecule has 3 N–H and O–H groups in total. The van der Waals surface area contributed by atoms with Crippen LogP contribution < -0.4 is 25.5 Å². The summed E-state index contributed by atoms with van der Waals surface area (Å²) in [5.74, 6) is 3.10. The molecule has 0 saturated carbocycles. The molecule has 0 fully saturated rings. The number of nitrogens with zero attached hydrogens (tertiary/aromatic N) is 4. The summed E-state index contributed by atoms with van der Waals surface area (Å²) >= 11 is 3.52. The fourth-order valence-electron chi connectivity index (χ4n) is 3.59. The molecule has 0 radical (unpaired) electrons. The first-order valence-electron chi connectivity index (χ1n) is 12.3. The Kier molecular flexibility index (Phi) is 8.84. The number of ether oxygens (including phenoxy) is 2. The number of hydrazone groups is 1. The first kappa shape index (κ1) is 26.7. The van der Waals surface area contributed by atoms with E-state index >= 15 is 0 Å². The standard InChI is InChI=1S/C29H26BrN7O3/c1-38-24-12-10-23(11-13-24)33-28-34-27(31-18-25-8-5-15-39-25)35-29(36-28)37-32-17-21-16-22(30)9-14-26(21)40-19-20-6-3-2-4-7-20/h2-17H,18-19H2,1H3,(H3,31,33,34,35,36,37). The highest BCUT2D eigenvalue weighted by Crippen LogP contribution is 2.23. The third kappa shape index (κ3) is 7.58. The summed E-state index contributed by atoms with van der Waals surface area (Å²) in [6.45, 7) is 0.844. The Morgan fingerprint density at radius 3 is 2.48 bits per heavy atom. The summed E-state index contributed by atoms with van der Waals surface area (Å²) in [5.41, 5.74) is 5.54. The molecular formula is C29H26BrN7O3. The third-order valence-corrected chi connectivity index (χ3v) is 6.05. The van der Waals surface area contributed by atoms with E-state index in [0.29, 0.717) is 30.8 Å². The van der Waals surface area contributed by atoms with Gasteiger partial charge in [-0.05, 0) is 60.2 Å². The SMILES string of the molecule is COc1ccc(Nc2nc(NCc3ccco3)nc(NN=Cc3cc(Br)ccc3OCc3ccccc3)n2)cc1. The topological polar surface area (TPSA) is 119 Å². The Hall–Kier alpha value is -4.90. The van der Waals surface area contributed by atoms with E-state index in [2.05, 4.69) is 52.0 Å². The third-order valence-electron chi connectivity index (χ3n) is 5.56. The predicted octanol–water partition coefficient (Wildman–Crippen LogP) is 6.62. The summed E-state index contributed by atoms with van der Waals surface area (Å²) in [5, 5.41) is 10.7. The Morgan fingerprint density at radius 2 is 1.70 bits per heavy atom. The number of benzene rings is 3. The largest absolute Gasteiger partial charge is 0.497 e. The maximum atomic E-state index is 6.05. The van der Waals surface area contributed by atoms with Crippen LogP contribution in [0.1, 0.15) is 16.9 Å². The van der Waals surface area contributed by atoms with E-state index in [1.165, 1.54) is 0 Å². The second-order valence-corrected chi connectivity index (χ2v) is 9.33. The molecular weight excluding hydrogens is 574 g/mol. The van der Waals surface area contributed by atoms with E-state index in [-0.39, 0.29) is 5.95 Å². The number of halogens is 1. The summed E-state index contributed by atoms with van der Waals surface area (Å²) in [7, 11) is 1.62. The van der Waals surface area contributed by atoms with Crippen molar-refractivity contribution in [1.29, 1.82) is 0 Å². The minimum Gasteiger partial charge on any atom is -0.497 e. The molecule has 0 bridgehead atoms. The number of furan rings is 1. The zero-order chi connectivity index (χ0) is 27.6. The smallest absolute Gasteiger partial charge is 0.250 e. The van der Waals surface area contributed by atoms with Crippen LogP contribution in [0.25, 0.3) is 0 Å². The zero-order valence-electron chi connectivity index (χ0n) is 21.5. The highest BCUT2D eigenvalue weighted by Gasteiger charge is 2.09. The van der Waals surface area contributed by atoms with Gasteiger partial charge in [0, 0.05) is 15.7 Å². The van der Waals surface area contributed by atoms with Crippen LogP contribution in [0.15, 0.2) is 105 Å². The molecule has 3 aromatic carbocycles. The molecule has 11 heteroatoms. The van der Waals surface area contributed by atoms with Crippen LogP contribution in [0.3, 0.4) is 0 Å². The number of rotatable bonds is 12. The van der Waals surface area contributed by atoms with E-state index in [4.69, 9.17) is 13.9 Å². The predicted molar refractivity (Wildman–Crippen MR) is 158 cm³/mol. The molecule has 0 atom stereocenters. The summed E-state index contributed by atoms with van der Waals surface area (Å²) in [6, 6.07) is 26.8. The lowest BCUT2D eigenvalue weighted by Crippen LogP contribution is -2.09. The van der Waals surface area contributed by atoms with Crippen LogP contribution in [-0.4, -0.2) is 28.3 Å². The molecule has 2 heterocycles. The molecule has 0 aliphatic heterocycles. The fourth-order valence-corrected chi connectivity index (χ4v) is 3.97. The Morgan fingerprint density at radius 1 is 0.900 bits per heavy atom. The Labute approximate surface area is 239 Å². The van der Waals surface area contributed by atoms with Crippen molar-refractivity contribution in [3.63, 3.8) is 0 Å². The lowest BCUT2D eigenvalue weighted by molar-refractivity contribution is 0.306. The number of hydrogen-bond donors (Lipinski definition) is 3. The molecule has 0 amide bonds. The second-order valence-electron chi connectivity index (χ2n) is 8.42. The monoisotopic (exact) mass is 599 g/mol. The lowest BCUT2D eigenvalue weighted by Gasteiger charge is -2.11. The quantitative estimate of drug-likeness (QED) is 0.107. The van der Waals surface area contributed by atoms with Crippen molar-refractivity contribution in [2.24, 2.45) is 5.10 Å². The van der Waals surface area contributed by atoms with Gasteiger partial charge in [0.2, 0.25) is 17.8 Å². The van der Waals surface area contributed by atoms with Gasteiger partial charge in [0.05, 0.1) is 26.1 Å². The Balaban J connectivity index is 1.33. The first-order chi connectivity index (χ1) is 19.6. The molecule has 40 heavy (non-hydrogen) atoms. The zero-order valence-corrected chi connectivity index (χ0v) is 23.1. The summed E-state index contributed by atoms with van der Waals surface area (Å²) in [6.07, 6.45) is 3.27. The van der Waals surface area contributed by atoms with Crippen LogP contribution in [0.2, 0.25) is 0 Å². The minimum atomic E-state index is 0.242. The maximum Gasteiger partial charge on any atom is 0.250 e. The van der Waals surface area contributed by atoms with Crippen LogP contribution in [-0.2, 0) is 13.2 Å². The van der Waals surface area contributed by atoms with Crippen LogP contribution in [0.5, 0.6) is 11.5 Å². The second kappa shape index (κ2) is 13.3. The molecule has 2 aromatic heterocycles. The van der Waals surface area contributed by atoms with Crippen molar-refractivity contribution in [2.45, 2.75) is 13.2 Å². The highest BCUT2D eigenvalue weighted by molar-refractivity contribution is 9.10.